The summed E-state index contributed by atoms with van der Waals surface area (Å²) in [5, 5.41) is 15.4. The Labute approximate surface area is 191 Å². The maximum atomic E-state index is 14.6. The van der Waals surface area contributed by atoms with E-state index in [0.717, 1.165) is 17.7 Å². The first-order valence-corrected chi connectivity index (χ1v) is 11.8. The highest BCUT2D eigenvalue weighted by molar-refractivity contribution is 7.89. The molecule has 1 unspecified atom stereocenters. The van der Waals surface area contributed by atoms with Gasteiger partial charge in [0.2, 0.25) is 10.0 Å². The number of hydrogen-bond acceptors (Lipinski definition) is 6. The minimum atomic E-state index is -3.60. The zero-order valence-corrected chi connectivity index (χ0v) is 19.4. The van der Waals surface area contributed by atoms with Crippen LogP contribution in [0, 0.1) is 11.6 Å². The molecular formula is C22H27F2N5O3S. The molecular weight excluding hydrogens is 452 g/mol. The van der Waals surface area contributed by atoms with Crippen molar-refractivity contribution in [3.8, 4) is 0 Å². The van der Waals surface area contributed by atoms with Gasteiger partial charge in [-0.25, -0.2) is 31.6 Å². The fourth-order valence-corrected chi connectivity index (χ4v) is 4.89. The predicted molar refractivity (Wildman–Crippen MR) is 119 cm³/mol. The third kappa shape index (κ3) is 6.41. The van der Waals surface area contributed by atoms with Crippen molar-refractivity contribution in [3.63, 3.8) is 0 Å². The molecule has 0 aliphatic carbocycles. The van der Waals surface area contributed by atoms with Crippen LogP contribution >= 0.6 is 0 Å². The van der Waals surface area contributed by atoms with Crippen LogP contribution in [0.5, 0.6) is 0 Å². The van der Waals surface area contributed by atoms with E-state index in [9.17, 15) is 22.3 Å². The molecule has 0 amide bonds. The molecule has 0 fully saturated rings. The molecule has 11 heteroatoms. The summed E-state index contributed by atoms with van der Waals surface area (Å²) >= 11 is 0. The van der Waals surface area contributed by atoms with Crippen LogP contribution in [0.2, 0.25) is 0 Å². The summed E-state index contributed by atoms with van der Waals surface area (Å²) in [4.78, 5) is 5.76. The molecule has 2 aromatic carbocycles. The zero-order chi connectivity index (χ0) is 24.2. The highest BCUT2D eigenvalue weighted by atomic mass is 32.2. The van der Waals surface area contributed by atoms with Gasteiger partial charge in [-0.3, -0.25) is 4.90 Å². The Hall–Kier alpha value is -2.73. The number of benzene rings is 2. The minimum absolute atomic E-state index is 0.00956. The largest absolute Gasteiger partial charge is 0.382 e. The second-order valence-corrected chi connectivity index (χ2v) is 10.1. The lowest BCUT2D eigenvalue weighted by Crippen LogP contribution is -2.43. The lowest BCUT2D eigenvalue weighted by molar-refractivity contribution is -0.0175. The molecule has 0 saturated carbocycles. The predicted octanol–water partition coefficient (Wildman–Crippen LogP) is 2.26. The monoisotopic (exact) mass is 479 g/mol. The van der Waals surface area contributed by atoms with Gasteiger partial charge in [0.25, 0.3) is 0 Å². The number of aromatic nitrogens is 3. The number of nitrogens with zero attached hydrogens (tertiary/aromatic N) is 4. The van der Waals surface area contributed by atoms with E-state index >= 15 is 0 Å². The molecule has 0 radical (unpaired) electrons. The molecule has 8 nitrogen and oxygen atoms in total. The van der Waals surface area contributed by atoms with Crippen molar-refractivity contribution in [1.82, 2.24) is 24.4 Å². The SMILES string of the molecule is CC(C)NS(=O)(=O)c1ccc(CN(C)CC(O)(Cn2cncn2)c2ccc(F)cc2F)cc1. The molecule has 1 heterocycles. The van der Waals surface area contributed by atoms with Gasteiger partial charge in [-0.1, -0.05) is 18.2 Å². The van der Waals surface area contributed by atoms with Crippen LogP contribution in [-0.4, -0.2) is 52.8 Å². The summed E-state index contributed by atoms with van der Waals surface area (Å²) in [6, 6.07) is 9.19. The molecule has 0 aliphatic rings. The van der Waals surface area contributed by atoms with E-state index in [1.807, 2.05) is 0 Å². The summed E-state index contributed by atoms with van der Waals surface area (Å²) in [6.45, 7) is 3.72. The number of hydrogen-bond donors (Lipinski definition) is 2. The van der Waals surface area contributed by atoms with Crippen molar-refractivity contribution in [1.29, 1.82) is 0 Å². The van der Waals surface area contributed by atoms with Gasteiger partial charge >= 0.3 is 0 Å². The van der Waals surface area contributed by atoms with Crippen LogP contribution in [0.3, 0.4) is 0 Å². The fourth-order valence-electron chi connectivity index (χ4n) is 3.64. The van der Waals surface area contributed by atoms with Crippen molar-refractivity contribution in [2.45, 2.75) is 43.5 Å². The van der Waals surface area contributed by atoms with Crippen molar-refractivity contribution in [2.24, 2.45) is 0 Å². The average Bonchev–Trinajstić information content (AvgIpc) is 3.19. The molecule has 178 valence electrons. The average molecular weight is 480 g/mol. The summed E-state index contributed by atoms with van der Waals surface area (Å²) in [5.74, 6) is -1.60. The van der Waals surface area contributed by atoms with Crippen LogP contribution in [0.25, 0.3) is 0 Å². The zero-order valence-electron chi connectivity index (χ0n) is 18.6. The fraction of sp³-hybridized carbons (Fsp3) is 0.364. The summed E-state index contributed by atoms with van der Waals surface area (Å²) in [7, 11) is -1.86. The Balaban J connectivity index is 1.79. The van der Waals surface area contributed by atoms with Gasteiger partial charge in [-0.2, -0.15) is 5.10 Å². The number of nitrogens with one attached hydrogen (secondary N) is 1. The summed E-state index contributed by atoms with van der Waals surface area (Å²) in [5.41, 5.74) is -0.999. The van der Waals surface area contributed by atoms with Crippen molar-refractivity contribution in [2.75, 3.05) is 13.6 Å². The molecule has 33 heavy (non-hydrogen) atoms. The van der Waals surface area contributed by atoms with Gasteiger partial charge in [0.15, 0.2) is 0 Å². The Morgan fingerprint density at radius 3 is 2.45 bits per heavy atom. The van der Waals surface area contributed by atoms with E-state index in [4.69, 9.17) is 0 Å². The molecule has 3 rings (SSSR count). The van der Waals surface area contributed by atoms with E-state index in [0.29, 0.717) is 6.54 Å². The molecule has 0 spiro atoms. The number of aliphatic hydroxyl groups is 1. The first-order chi connectivity index (χ1) is 15.5. The Morgan fingerprint density at radius 2 is 1.88 bits per heavy atom. The first-order valence-electron chi connectivity index (χ1n) is 10.3. The quantitative estimate of drug-likeness (QED) is 0.463. The molecule has 3 aromatic rings. The lowest BCUT2D eigenvalue weighted by Gasteiger charge is -2.33. The standard InChI is InChI=1S/C22H27F2N5O3S/c1-16(2)27-33(31,32)19-7-4-17(5-8-19)11-28(3)12-22(30,13-29-15-25-14-26-29)20-9-6-18(23)10-21(20)24/h4-10,14-16,27,30H,11-13H2,1-3H3. The van der Waals surface area contributed by atoms with E-state index in [1.165, 1.54) is 35.5 Å². The van der Waals surface area contributed by atoms with E-state index in [2.05, 4.69) is 14.8 Å². The van der Waals surface area contributed by atoms with Crippen LogP contribution in [-0.2, 0) is 28.7 Å². The van der Waals surface area contributed by atoms with Gasteiger partial charge in [0, 0.05) is 30.8 Å². The Kier molecular flexibility index (Phi) is 7.58. The van der Waals surface area contributed by atoms with Gasteiger partial charge in [0.05, 0.1) is 11.4 Å². The Bertz CT molecular complexity index is 1170. The molecule has 0 aliphatic heterocycles. The number of likely N-dealkylation sites (N-methyl/N-ethyl adjacent to an activating group) is 1. The third-order valence-electron chi connectivity index (χ3n) is 4.93. The highest BCUT2D eigenvalue weighted by Crippen LogP contribution is 2.28. The normalized spacial score (nSPS) is 14.1. The number of sulfonamides is 1. The number of rotatable bonds is 10. The lowest BCUT2D eigenvalue weighted by atomic mass is 9.92. The van der Waals surface area contributed by atoms with Crippen LogP contribution in [0.15, 0.2) is 60.0 Å². The van der Waals surface area contributed by atoms with Gasteiger partial charge in [-0.15, -0.1) is 0 Å². The molecule has 1 atom stereocenters. The minimum Gasteiger partial charge on any atom is -0.382 e. The summed E-state index contributed by atoms with van der Waals surface area (Å²) < 4.78 is 56.5. The van der Waals surface area contributed by atoms with Crippen molar-refractivity contribution in [3.05, 3.63) is 77.9 Å². The van der Waals surface area contributed by atoms with Gasteiger partial charge < -0.3 is 5.11 Å². The van der Waals surface area contributed by atoms with Crippen LogP contribution in [0.4, 0.5) is 8.78 Å². The van der Waals surface area contributed by atoms with Crippen molar-refractivity contribution < 1.29 is 22.3 Å². The second kappa shape index (κ2) is 10.0. The van der Waals surface area contributed by atoms with Crippen molar-refractivity contribution >= 4 is 10.0 Å². The van der Waals surface area contributed by atoms with Gasteiger partial charge in [-0.05, 0) is 44.7 Å². The van der Waals surface area contributed by atoms with Crippen LogP contribution < -0.4 is 4.72 Å². The highest BCUT2D eigenvalue weighted by Gasteiger charge is 2.35. The maximum absolute atomic E-state index is 14.6. The topological polar surface area (TPSA) is 100 Å². The maximum Gasteiger partial charge on any atom is 0.240 e. The smallest absolute Gasteiger partial charge is 0.240 e. The second-order valence-electron chi connectivity index (χ2n) is 8.34. The van der Waals surface area contributed by atoms with E-state index in [1.54, 1.807) is 37.9 Å². The molecule has 1 aromatic heterocycles. The molecule has 0 saturated heterocycles. The van der Waals surface area contributed by atoms with E-state index in [-0.39, 0.29) is 29.6 Å². The number of halogens is 2. The molecule has 0 bridgehead atoms. The van der Waals surface area contributed by atoms with E-state index < -0.39 is 27.3 Å². The molecule has 2 N–H and O–H groups in total. The van der Waals surface area contributed by atoms with Crippen LogP contribution in [0.1, 0.15) is 25.0 Å². The summed E-state index contributed by atoms with van der Waals surface area (Å²) in [6.07, 6.45) is 2.70. The first kappa shape index (κ1) is 24.9. The third-order valence-corrected chi connectivity index (χ3v) is 6.61. The Morgan fingerprint density at radius 1 is 1.18 bits per heavy atom. The van der Waals surface area contributed by atoms with Gasteiger partial charge in [0.1, 0.15) is 29.9 Å².